The van der Waals surface area contributed by atoms with E-state index in [9.17, 15) is 4.79 Å². The lowest BCUT2D eigenvalue weighted by atomic mass is 10.1. The van der Waals surface area contributed by atoms with Crippen LogP contribution in [0.1, 0.15) is 12.5 Å². The fourth-order valence-corrected chi connectivity index (χ4v) is 2.46. The quantitative estimate of drug-likeness (QED) is 0.807. The van der Waals surface area contributed by atoms with E-state index in [2.05, 4.69) is 17.4 Å². The van der Waals surface area contributed by atoms with Gasteiger partial charge in [-0.1, -0.05) is 6.07 Å². The van der Waals surface area contributed by atoms with Gasteiger partial charge in [-0.2, -0.15) is 0 Å². The molecule has 3 heteroatoms. The van der Waals surface area contributed by atoms with Gasteiger partial charge in [0.05, 0.1) is 0 Å². The highest BCUT2D eigenvalue weighted by molar-refractivity contribution is 7.99. The van der Waals surface area contributed by atoms with Crippen LogP contribution in [0.5, 0.6) is 0 Å². The molecule has 0 aliphatic carbocycles. The number of carbonyl (C=O) groups is 1. The zero-order valence-corrected chi connectivity index (χ0v) is 8.99. The van der Waals surface area contributed by atoms with Gasteiger partial charge in [0.2, 0.25) is 0 Å². The van der Waals surface area contributed by atoms with E-state index < -0.39 is 0 Å². The second-order valence-electron chi connectivity index (χ2n) is 3.48. The third-order valence-electron chi connectivity index (χ3n) is 2.17. The lowest BCUT2D eigenvalue weighted by Crippen LogP contribution is -2.10. The molecule has 0 fully saturated rings. The van der Waals surface area contributed by atoms with E-state index in [1.165, 1.54) is 10.6 Å². The van der Waals surface area contributed by atoms with Crippen molar-refractivity contribution in [1.82, 2.24) is 0 Å². The minimum Gasteiger partial charge on any atom is -0.383 e. The Morgan fingerprint density at radius 2 is 2.43 bits per heavy atom. The number of carbonyl (C=O) groups excluding carboxylic acids is 1. The van der Waals surface area contributed by atoms with Gasteiger partial charge in [0.25, 0.3) is 0 Å². The fraction of sp³-hybridized carbons (Fsp3) is 0.364. The Bertz CT molecular complexity index is 362. The second kappa shape index (κ2) is 4.05. The highest BCUT2D eigenvalue weighted by Crippen LogP contribution is 2.31. The third-order valence-corrected chi connectivity index (χ3v) is 3.25. The molecule has 1 aromatic carbocycles. The summed E-state index contributed by atoms with van der Waals surface area (Å²) in [5.41, 5.74) is 2.28. The van der Waals surface area contributed by atoms with Gasteiger partial charge in [-0.05, 0) is 24.6 Å². The number of nitrogens with one attached hydrogen (secondary N) is 1. The Kier molecular flexibility index (Phi) is 2.77. The number of thioether (sulfide) groups is 1. The van der Waals surface area contributed by atoms with Gasteiger partial charge in [0.15, 0.2) is 0 Å². The molecule has 74 valence electrons. The predicted molar refractivity (Wildman–Crippen MR) is 60.0 cm³/mol. The minimum absolute atomic E-state index is 0.216. The van der Waals surface area contributed by atoms with Gasteiger partial charge in [0, 0.05) is 29.3 Å². The number of ketones is 1. The van der Waals surface area contributed by atoms with Crippen molar-refractivity contribution < 1.29 is 4.79 Å². The molecule has 0 bridgehead atoms. The summed E-state index contributed by atoms with van der Waals surface area (Å²) < 4.78 is 0. The molecule has 1 heterocycles. The summed E-state index contributed by atoms with van der Waals surface area (Å²) in [6.45, 7) is 2.64. The molecule has 0 atom stereocenters. The standard InChI is InChI=1S/C11H13NOS/c1-8(13)6-9-2-3-11-10(7-9)12-4-5-14-11/h2-3,7,12H,4-6H2,1H3. The van der Waals surface area contributed by atoms with Crippen molar-refractivity contribution in [3.05, 3.63) is 23.8 Å². The largest absolute Gasteiger partial charge is 0.383 e. The van der Waals surface area contributed by atoms with Crippen molar-refractivity contribution >= 4 is 23.2 Å². The molecule has 0 unspecified atom stereocenters. The maximum atomic E-state index is 11.0. The van der Waals surface area contributed by atoms with Crippen molar-refractivity contribution in [1.29, 1.82) is 0 Å². The first-order chi connectivity index (χ1) is 6.75. The van der Waals surface area contributed by atoms with Crippen LogP contribution in [-0.2, 0) is 11.2 Å². The third kappa shape index (κ3) is 2.10. The lowest BCUT2D eigenvalue weighted by molar-refractivity contribution is -0.116. The molecule has 2 rings (SSSR count). The van der Waals surface area contributed by atoms with Crippen LogP contribution in [0.3, 0.4) is 0 Å². The van der Waals surface area contributed by atoms with Crippen LogP contribution in [0.15, 0.2) is 23.1 Å². The van der Waals surface area contributed by atoms with Crippen LogP contribution in [0.25, 0.3) is 0 Å². The Labute approximate surface area is 88.1 Å². The van der Waals surface area contributed by atoms with Gasteiger partial charge in [-0.3, -0.25) is 4.79 Å². The topological polar surface area (TPSA) is 29.1 Å². The number of benzene rings is 1. The number of fused-ring (bicyclic) bond motifs is 1. The Morgan fingerprint density at radius 3 is 3.21 bits per heavy atom. The second-order valence-corrected chi connectivity index (χ2v) is 4.62. The highest BCUT2D eigenvalue weighted by atomic mass is 32.2. The van der Waals surface area contributed by atoms with E-state index in [-0.39, 0.29) is 5.78 Å². The average molecular weight is 207 g/mol. The van der Waals surface area contributed by atoms with E-state index in [1.54, 1.807) is 6.92 Å². The molecule has 0 spiro atoms. The summed E-state index contributed by atoms with van der Waals surface area (Å²) in [5, 5.41) is 3.34. The summed E-state index contributed by atoms with van der Waals surface area (Å²) in [7, 11) is 0. The monoisotopic (exact) mass is 207 g/mol. The smallest absolute Gasteiger partial charge is 0.134 e. The van der Waals surface area contributed by atoms with Crippen LogP contribution >= 0.6 is 11.8 Å². The average Bonchev–Trinajstić information content (AvgIpc) is 2.17. The van der Waals surface area contributed by atoms with E-state index in [0.29, 0.717) is 6.42 Å². The van der Waals surface area contributed by atoms with E-state index in [1.807, 2.05) is 17.8 Å². The minimum atomic E-state index is 0.216. The van der Waals surface area contributed by atoms with Crippen molar-refractivity contribution in [2.75, 3.05) is 17.6 Å². The van der Waals surface area contributed by atoms with Crippen LogP contribution in [0.2, 0.25) is 0 Å². The molecule has 0 saturated carbocycles. The van der Waals surface area contributed by atoms with Gasteiger partial charge in [0.1, 0.15) is 5.78 Å². The maximum Gasteiger partial charge on any atom is 0.134 e. The molecular weight excluding hydrogens is 194 g/mol. The van der Waals surface area contributed by atoms with Crippen molar-refractivity contribution in [2.45, 2.75) is 18.2 Å². The Balaban J connectivity index is 2.24. The predicted octanol–water partition coefficient (Wildman–Crippen LogP) is 2.34. The molecule has 0 aromatic heterocycles. The highest BCUT2D eigenvalue weighted by Gasteiger charge is 2.09. The SMILES string of the molecule is CC(=O)Cc1ccc2c(c1)NCCS2. The first-order valence-electron chi connectivity index (χ1n) is 4.75. The number of hydrogen-bond acceptors (Lipinski definition) is 3. The summed E-state index contributed by atoms with van der Waals surface area (Å²) in [4.78, 5) is 12.3. The molecule has 1 N–H and O–H groups in total. The molecule has 0 saturated heterocycles. The number of hydrogen-bond donors (Lipinski definition) is 1. The molecule has 14 heavy (non-hydrogen) atoms. The van der Waals surface area contributed by atoms with Crippen LogP contribution in [0, 0.1) is 0 Å². The zero-order chi connectivity index (χ0) is 9.97. The summed E-state index contributed by atoms with van der Waals surface area (Å²) in [5.74, 6) is 1.34. The number of rotatable bonds is 2. The van der Waals surface area contributed by atoms with Crippen molar-refractivity contribution in [3.8, 4) is 0 Å². The molecule has 0 amide bonds. The molecule has 1 aliphatic heterocycles. The van der Waals surface area contributed by atoms with Crippen molar-refractivity contribution in [3.63, 3.8) is 0 Å². The summed E-state index contributed by atoms with van der Waals surface area (Å²) in [6, 6.07) is 6.23. The van der Waals surface area contributed by atoms with Crippen molar-refractivity contribution in [2.24, 2.45) is 0 Å². The zero-order valence-electron chi connectivity index (χ0n) is 8.17. The normalized spacial score (nSPS) is 14.4. The molecular formula is C11H13NOS. The van der Waals surface area contributed by atoms with Crippen LogP contribution in [0.4, 0.5) is 5.69 Å². The number of anilines is 1. The van der Waals surface area contributed by atoms with Gasteiger partial charge in [-0.15, -0.1) is 11.8 Å². The molecule has 2 nitrogen and oxygen atoms in total. The molecule has 1 aromatic rings. The number of Topliss-reactive ketones (excluding diaryl/α,β-unsaturated/α-hetero) is 1. The molecule has 1 aliphatic rings. The van der Waals surface area contributed by atoms with Crippen LogP contribution in [-0.4, -0.2) is 18.1 Å². The van der Waals surface area contributed by atoms with Gasteiger partial charge >= 0.3 is 0 Å². The van der Waals surface area contributed by atoms with E-state index in [0.717, 1.165) is 17.9 Å². The maximum absolute atomic E-state index is 11.0. The van der Waals surface area contributed by atoms with Crippen LogP contribution < -0.4 is 5.32 Å². The lowest BCUT2D eigenvalue weighted by Gasteiger charge is -2.17. The van der Waals surface area contributed by atoms with E-state index >= 15 is 0 Å². The van der Waals surface area contributed by atoms with Gasteiger partial charge < -0.3 is 5.32 Å². The Morgan fingerprint density at radius 1 is 1.57 bits per heavy atom. The molecule has 0 radical (unpaired) electrons. The summed E-state index contributed by atoms with van der Waals surface area (Å²) >= 11 is 1.87. The first kappa shape index (κ1) is 9.59. The first-order valence-corrected chi connectivity index (χ1v) is 5.73. The van der Waals surface area contributed by atoms with Gasteiger partial charge in [-0.25, -0.2) is 0 Å². The van der Waals surface area contributed by atoms with E-state index in [4.69, 9.17) is 0 Å². The summed E-state index contributed by atoms with van der Waals surface area (Å²) in [6.07, 6.45) is 0.541. The fourth-order valence-electron chi connectivity index (χ4n) is 1.59. The Hall–Kier alpha value is -0.960.